The van der Waals surface area contributed by atoms with Crippen LogP contribution in [-0.2, 0) is 5.92 Å². The molecule has 0 bridgehead atoms. The number of rotatable bonds is 3. The number of halogens is 2. The summed E-state index contributed by atoms with van der Waals surface area (Å²) in [6.07, 6.45) is 1.91. The Balaban J connectivity index is 1.86. The Morgan fingerprint density at radius 2 is 2.05 bits per heavy atom. The minimum atomic E-state index is -2.88. The fraction of sp³-hybridized carbons (Fsp3) is 0.467. The van der Waals surface area contributed by atoms with E-state index in [1.165, 1.54) is 12.1 Å². The predicted octanol–water partition coefficient (Wildman–Crippen LogP) is 3.32. The number of hydrogen-bond acceptors (Lipinski definition) is 4. The lowest BCUT2D eigenvalue weighted by Crippen LogP contribution is -2.26. The van der Waals surface area contributed by atoms with Crippen LogP contribution < -0.4 is 5.32 Å². The number of nitrogens with zero attached hydrogens (tertiary/aromatic N) is 2. The maximum atomic E-state index is 13.4. The minimum Gasteiger partial charge on any atom is -0.339 e. The van der Waals surface area contributed by atoms with Crippen molar-refractivity contribution in [2.24, 2.45) is 0 Å². The molecule has 0 unspecified atom stereocenters. The van der Waals surface area contributed by atoms with Crippen LogP contribution in [0.25, 0.3) is 11.4 Å². The van der Waals surface area contributed by atoms with Crippen LogP contribution >= 0.6 is 0 Å². The van der Waals surface area contributed by atoms with Crippen molar-refractivity contribution in [1.82, 2.24) is 15.5 Å². The average Bonchev–Trinajstić information content (AvgIpc) is 2.97. The molecule has 0 aliphatic carbocycles. The van der Waals surface area contributed by atoms with Gasteiger partial charge in [0.1, 0.15) is 0 Å². The molecule has 0 saturated carbocycles. The van der Waals surface area contributed by atoms with E-state index in [1.54, 1.807) is 12.1 Å². The number of piperidine rings is 1. The van der Waals surface area contributed by atoms with Crippen LogP contribution in [0.2, 0.25) is 0 Å². The molecule has 1 N–H and O–H groups in total. The summed E-state index contributed by atoms with van der Waals surface area (Å²) in [4.78, 5) is 4.38. The number of aromatic nitrogens is 2. The zero-order valence-corrected chi connectivity index (χ0v) is 11.8. The van der Waals surface area contributed by atoms with E-state index in [0.717, 1.165) is 32.9 Å². The Bertz CT molecular complexity index is 615. The summed E-state index contributed by atoms with van der Waals surface area (Å²) in [6, 6.07) is 6.11. The van der Waals surface area contributed by atoms with Gasteiger partial charge in [-0.15, -0.1) is 0 Å². The van der Waals surface area contributed by atoms with Crippen LogP contribution in [0.4, 0.5) is 8.78 Å². The highest BCUT2D eigenvalue weighted by molar-refractivity contribution is 5.55. The molecule has 1 saturated heterocycles. The van der Waals surface area contributed by atoms with Gasteiger partial charge in [0.05, 0.1) is 0 Å². The van der Waals surface area contributed by atoms with Gasteiger partial charge in [0.15, 0.2) is 0 Å². The molecule has 1 aliphatic rings. The highest BCUT2D eigenvalue weighted by Crippen LogP contribution is 2.30. The second-order valence-electron chi connectivity index (χ2n) is 5.45. The Kier molecular flexibility index (Phi) is 3.71. The molecule has 6 heteroatoms. The Hall–Kier alpha value is -1.82. The standard InChI is InChI=1S/C15H17F2N3O/c1-15(16,17)12-4-2-3-11(9-12)13-19-14(21-20-13)10-5-7-18-8-6-10/h2-4,9-10,18H,5-8H2,1H3. The summed E-state index contributed by atoms with van der Waals surface area (Å²) in [5.41, 5.74) is 0.506. The van der Waals surface area contributed by atoms with Crippen molar-refractivity contribution in [1.29, 1.82) is 0 Å². The summed E-state index contributed by atoms with van der Waals surface area (Å²) >= 11 is 0. The fourth-order valence-electron chi connectivity index (χ4n) is 2.52. The molecule has 0 atom stereocenters. The predicted molar refractivity (Wildman–Crippen MR) is 74.1 cm³/mol. The molecule has 112 valence electrons. The number of benzene rings is 1. The van der Waals surface area contributed by atoms with Crippen molar-refractivity contribution in [3.63, 3.8) is 0 Å². The summed E-state index contributed by atoms with van der Waals surface area (Å²) in [7, 11) is 0. The normalized spacial score (nSPS) is 17.1. The van der Waals surface area contributed by atoms with Crippen LogP contribution in [0, 0.1) is 0 Å². The maximum Gasteiger partial charge on any atom is 0.270 e. The third-order valence-electron chi connectivity index (χ3n) is 3.76. The third kappa shape index (κ3) is 3.10. The monoisotopic (exact) mass is 293 g/mol. The van der Waals surface area contributed by atoms with Crippen LogP contribution in [0.5, 0.6) is 0 Å². The van der Waals surface area contributed by atoms with Crippen molar-refractivity contribution in [3.8, 4) is 11.4 Å². The van der Waals surface area contributed by atoms with Crippen molar-refractivity contribution in [3.05, 3.63) is 35.7 Å². The van der Waals surface area contributed by atoms with Crippen LogP contribution in [0.3, 0.4) is 0 Å². The van der Waals surface area contributed by atoms with Crippen molar-refractivity contribution < 1.29 is 13.3 Å². The van der Waals surface area contributed by atoms with Gasteiger partial charge >= 0.3 is 0 Å². The van der Waals surface area contributed by atoms with Gasteiger partial charge in [-0.05, 0) is 32.0 Å². The van der Waals surface area contributed by atoms with Crippen molar-refractivity contribution in [2.45, 2.75) is 31.6 Å². The van der Waals surface area contributed by atoms with Gasteiger partial charge in [-0.25, -0.2) is 8.78 Å². The van der Waals surface area contributed by atoms with E-state index in [2.05, 4.69) is 15.5 Å². The van der Waals surface area contributed by atoms with Gasteiger partial charge < -0.3 is 9.84 Å². The molecule has 1 aromatic heterocycles. The topological polar surface area (TPSA) is 51.0 Å². The first kappa shape index (κ1) is 14.1. The summed E-state index contributed by atoms with van der Waals surface area (Å²) in [5.74, 6) is -1.66. The molecule has 1 aliphatic heterocycles. The molecule has 2 aromatic rings. The van der Waals surface area contributed by atoms with Gasteiger partial charge in [0.2, 0.25) is 11.7 Å². The average molecular weight is 293 g/mol. The van der Waals surface area contributed by atoms with E-state index in [9.17, 15) is 8.78 Å². The molecular weight excluding hydrogens is 276 g/mol. The molecule has 1 fully saturated rings. The third-order valence-corrected chi connectivity index (χ3v) is 3.76. The first-order valence-electron chi connectivity index (χ1n) is 7.07. The molecule has 1 aromatic carbocycles. The lowest BCUT2D eigenvalue weighted by molar-refractivity contribution is 0.0175. The molecule has 3 rings (SSSR count). The number of hydrogen-bond donors (Lipinski definition) is 1. The van der Waals surface area contributed by atoms with Crippen LogP contribution in [0.15, 0.2) is 28.8 Å². The lowest BCUT2D eigenvalue weighted by Gasteiger charge is -2.18. The SMILES string of the molecule is CC(F)(F)c1cccc(-c2noc(C3CCNCC3)n2)c1. The van der Waals surface area contributed by atoms with Gasteiger partial charge in [-0.2, -0.15) is 4.98 Å². The molecular formula is C15H17F2N3O. The Morgan fingerprint density at radius 3 is 2.76 bits per heavy atom. The van der Waals surface area contributed by atoms with E-state index in [1.807, 2.05) is 0 Å². The summed E-state index contributed by atoms with van der Waals surface area (Å²) in [5, 5.41) is 7.21. The molecule has 0 spiro atoms. The largest absolute Gasteiger partial charge is 0.339 e. The fourth-order valence-corrected chi connectivity index (χ4v) is 2.52. The molecule has 2 heterocycles. The zero-order valence-electron chi connectivity index (χ0n) is 11.8. The quantitative estimate of drug-likeness (QED) is 0.943. The van der Waals surface area contributed by atoms with Crippen LogP contribution in [-0.4, -0.2) is 23.2 Å². The minimum absolute atomic E-state index is 0.0479. The highest BCUT2D eigenvalue weighted by Gasteiger charge is 2.26. The Labute approximate surface area is 121 Å². The lowest BCUT2D eigenvalue weighted by atomic mass is 9.98. The summed E-state index contributed by atoms with van der Waals surface area (Å²) in [6.45, 7) is 2.74. The maximum absolute atomic E-state index is 13.4. The molecule has 4 nitrogen and oxygen atoms in total. The van der Waals surface area contributed by atoms with Crippen molar-refractivity contribution in [2.75, 3.05) is 13.1 Å². The van der Waals surface area contributed by atoms with Crippen LogP contribution in [0.1, 0.15) is 37.1 Å². The second-order valence-corrected chi connectivity index (χ2v) is 5.45. The molecule has 21 heavy (non-hydrogen) atoms. The van der Waals surface area contributed by atoms with E-state index in [4.69, 9.17) is 4.52 Å². The number of nitrogens with one attached hydrogen (secondary N) is 1. The summed E-state index contributed by atoms with van der Waals surface area (Å²) < 4.78 is 32.1. The first-order valence-corrected chi connectivity index (χ1v) is 7.07. The van der Waals surface area contributed by atoms with Crippen molar-refractivity contribution >= 4 is 0 Å². The molecule has 0 amide bonds. The highest BCUT2D eigenvalue weighted by atomic mass is 19.3. The van der Waals surface area contributed by atoms with E-state index < -0.39 is 5.92 Å². The smallest absolute Gasteiger partial charge is 0.270 e. The zero-order chi connectivity index (χ0) is 14.9. The molecule has 0 radical (unpaired) electrons. The van der Waals surface area contributed by atoms with Gasteiger partial charge in [0, 0.05) is 24.0 Å². The first-order chi connectivity index (χ1) is 10.0. The van der Waals surface area contributed by atoms with Gasteiger partial charge in [0.25, 0.3) is 5.92 Å². The number of alkyl halides is 2. The van der Waals surface area contributed by atoms with E-state index in [0.29, 0.717) is 17.3 Å². The van der Waals surface area contributed by atoms with E-state index >= 15 is 0 Å². The second kappa shape index (κ2) is 5.52. The van der Waals surface area contributed by atoms with Gasteiger partial charge in [-0.1, -0.05) is 23.4 Å². The van der Waals surface area contributed by atoms with E-state index in [-0.39, 0.29) is 11.5 Å². The Morgan fingerprint density at radius 1 is 1.29 bits per heavy atom. The van der Waals surface area contributed by atoms with Gasteiger partial charge in [-0.3, -0.25) is 0 Å².